The summed E-state index contributed by atoms with van der Waals surface area (Å²) < 4.78 is 6.36. The summed E-state index contributed by atoms with van der Waals surface area (Å²) in [6.45, 7) is 0. The van der Waals surface area contributed by atoms with Gasteiger partial charge in [-0.05, 0) is 12.1 Å². The molecule has 1 aromatic heterocycles. The zero-order valence-corrected chi connectivity index (χ0v) is 8.61. The van der Waals surface area contributed by atoms with E-state index in [9.17, 15) is 9.59 Å². The monoisotopic (exact) mass is 232 g/mol. The molecule has 2 rings (SSSR count). The van der Waals surface area contributed by atoms with E-state index in [4.69, 9.17) is 9.84 Å². The van der Waals surface area contributed by atoms with Crippen molar-refractivity contribution in [1.29, 1.82) is 0 Å². The van der Waals surface area contributed by atoms with Gasteiger partial charge in [-0.15, -0.1) is 0 Å². The second-order valence-electron chi connectivity index (χ2n) is 3.13. The van der Waals surface area contributed by atoms with Crippen LogP contribution < -0.4 is 4.74 Å². The lowest BCUT2D eigenvalue weighted by atomic mass is 10.3. The van der Waals surface area contributed by atoms with Gasteiger partial charge in [0, 0.05) is 12.4 Å². The number of esters is 1. The average molecular weight is 232 g/mol. The third-order valence-electron chi connectivity index (χ3n) is 2.03. The van der Waals surface area contributed by atoms with Crippen molar-refractivity contribution >= 4 is 11.9 Å². The van der Waals surface area contributed by atoms with Gasteiger partial charge in [-0.3, -0.25) is 0 Å². The van der Waals surface area contributed by atoms with Crippen LogP contribution in [0.5, 0.6) is 5.75 Å². The minimum Gasteiger partial charge on any atom is -0.473 e. The van der Waals surface area contributed by atoms with Crippen LogP contribution in [0.2, 0.25) is 0 Å². The van der Waals surface area contributed by atoms with Crippen LogP contribution in [-0.2, 0) is 9.59 Å². The number of carboxylic acids is 1. The minimum absolute atomic E-state index is 0.165. The third-order valence-corrected chi connectivity index (χ3v) is 2.03. The first kappa shape index (κ1) is 10.9. The van der Waals surface area contributed by atoms with E-state index >= 15 is 0 Å². The maximum atomic E-state index is 11.0. The number of imidazole rings is 1. The van der Waals surface area contributed by atoms with Crippen LogP contribution >= 0.6 is 0 Å². The van der Waals surface area contributed by atoms with Crippen molar-refractivity contribution in [3.8, 4) is 11.4 Å². The van der Waals surface area contributed by atoms with Gasteiger partial charge in [0.05, 0.1) is 12.0 Å². The standard InChI is InChI=1S/C11H8N2O4/c14-10(15)11(16)17-9-4-2-1-3-8(9)13-6-5-12-7-13/h1-7H,(H,14,15). The molecule has 0 unspecified atom stereocenters. The van der Waals surface area contributed by atoms with E-state index in [0.29, 0.717) is 5.69 Å². The molecular weight excluding hydrogens is 224 g/mol. The first-order valence-corrected chi connectivity index (χ1v) is 4.71. The topological polar surface area (TPSA) is 81.4 Å². The number of benzene rings is 1. The molecule has 0 fully saturated rings. The van der Waals surface area contributed by atoms with Crippen molar-refractivity contribution in [3.63, 3.8) is 0 Å². The fraction of sp³-hybridized carbons (Fsp3) is 0. The largest absolute Gasteiger partial charge is 0.473 e. The normalized spacial score (nSPS) is 9.88. The lowest BCUT2D eigenvalue weighted by Gasteiger charge is -2.08. The molecule has 0 saturated carbocycles. The van der Waals surface area contributed by atoms with E-state index in [1.54, 1.807) is 35.2 Å². The molecule has 0 bridgehead atoms. The maximum Gasteiger partial charge on any atom is 0.422 e. The lowest BCUT2D eigenvalue weighted by molar-refractivity contribution is -0.158. The van der Waals surface area contributed by atoms with Crippen LogP contribution in [0.4, 0.5) is 0 Å². The summed E-state index contributed by atoms with van der Waals surface area (Å²) in [6.07, 6.45) is 4.75. The van der Waals surface area contributed by atoms with E-state index in [0.717, 1.165) is 0 Å². The summed E-state index contributed by atoms with van der Waals surface area (Å²) in [5.41, 5.74) is 0.541. The Hall–Kier alpha value is -2.63. The Morgan fingerprint density at radius 3 is 2.71 bits per heavy atom. The molecule has 2 aromatic rings. The van der Waals surface area contributed by atoms with Crippen LogP contribution in [0, 0.1) is 0 Å². The number of nitrogens with zero attached hydrogens (tertiary/aromatic N) is 2. The Morgan fingerprint density at radius 2 is 2.06 bits per heavy atom. The molecule has 0 aliphatic carbocycles. The minimum atomic E-state index is -1.63. The number of hydrogen-bond donors (Lipinski definition) is 1. The SMILES string of the molecule is O=C(O)C(=O)Oc1ccccc1-n1ccnc1. The van der Waals surface area contributed by atoms with Crippen LogP contribution in [0.25, 0.3) is 5.69 Å². The molecule has 0 radical (unpaired) electrons. The maximum absolute atomic E-state index is 11.0. The second kappa shape index (κ2) is 4.48. The van der Waals surface area contributed by atoms with Crippen LogP contribution in [-0.4, -0.2) is 26.6 Å². The van der Waals surface area contributed by atoms with Gasteiger partial charge in [0.25, 0.3) is 0 Å². The summed E-state index contributed by atoms with van der Waals surface area (Å²) in [5.74, 6) is -2.79. The summed E-state index contributed by atoms with van der Waals surface area (Å²) in [4.78, 5) is 25.3. The molecule has 86 valence electrons. The molecule has 0 saturated heterocycles. The van der Waals surface area contributed by atoms with Crippen LogP contribution in [0.1, 0.15) is 0 Å². The van der Waals surface area contributed by atoms with Gasteiger partial charge in [0.1, 0.15) is 0 Å². The predicted octanol–water partition coefficient (Wildman–Crippen LogP) is 0.862. The van der Waals surface area contributed by atoms with Gasteiger partial charge < -0.3 is 14.4 Å². The summed E-state index contributed by atoms with van der Waals surface area (Å²) in [5, 5.41) is 8.47. The molecule has 1 aromatic carbocycles. The molecule has 1 N–H and O–H groups in total. The summed E-state index contributed by atoms with van der Waals surface area (Å²) in [6, 6.07) is 6.58. The van der Waals surface area contributed by atoms with Gasteiger partial charge in [-0.1, -0.05) is 12.1 Å². The average Bonchev–Trinajstić information content (AvgIpc) is 2.83. The number of para-hydroxylation sites is 2. The quantitative estimate of drug-likeness (QED) is 0.472. The van der Waals surface area contributed by atoms with Gasteiger partial charge in [0.2, 0.25) is 0 Å². The van der Waals surface area contributed by atoms with Crippen molar-refractivity contribution in [3.05, 3.63) is 43.0 Å². The fourth-order valence-electron chi connectivity index (χ4n) is 1.30. The number of hydrogen-bond acceptors (Lipinski definition) is 4. The van der Waals surface area contributed by atoms with Gasteiger partial charge in [-0.2, -0.15) is 0 Å². The molecule has 0 spiro atoms. The zero-order valence-electron chi connectivity index (χ0n) is 8.61. The summed E-state index contributed by atoms with van der Waals surface area (Å²) in [7, 11) is 0. The molecule has 6 nitrogen and oxygen atoms in total. The zero-order chi connectivity index (χ0) is 12.3. The molecule has 0 atom stereocenters. The molecule has 0 aliphatic rings. The van der Waals surface area contributed by atoms with Crippen molar-refractivity contribution in [2.45, 2.75) is 0 Å². The second-order valence-corrected chi connectivity index (χ2v) is 3.13. The van der Waals surface area contributed by atoms with E-state index in [2.05, 4.69) is 4.98 Å². The highest BCUT2D eigenvalue weighted by molar-refractivity contribution is 6.29. The Morgan fingerprint density at radius 1 is 1.29 bits per heavy atom. The fourth-order valence-corrected chi connectivity index (χ4v) is 1.30. The first-order valence-electron chi connectivity index (χ1n) is 4.71. The van der Waals surface area contributed by atoms with Gasteiger partial charge in [0.15, 0.2) is 5.75 Å². The summed E-state index contributed by atoms with van der Waals surface area (Å²) >= 11 is 0. The molecule has 17 heavy (non-hydrogen) atoms. The first-order chi connectivity index (χ1) is 8.18. The molecule has 0 aliphatic heterocycles. The number of carbonyl (C=O) groups excluding carboxylic acids is 1. The Balaban J connectivity index is 2.35. The van der Waals surface area contributed by atoms with Crippen LogP contribution in [0.3, 0.4) is 0 Å². The van der Waals surface area contributed by atoms with Crippen molar-refractivity contribution in [2.24, 2.45) is 0 Å². The number of aliphatic carboxylic acids is 1. The molecular formula is C11H8N2O4. The van der Waals surface area contributed by atoms with Crippen molar-refractivity contribution < 1.29 is 19.4 Å². The smallest absolute Gasteiger partial charge is 0.422 e. The number of aromatic nitrogens is 2. The molecule has 6 heteroatoms. The highest BCUT2D eigenvalue weighted by Gasteiger charge is 2.16. The highest BCUT2D eigenvalue weighted by Crippen LogP contribution is 2.22. The van der Waals surface area contributed by atoms with Crippen molar-refractivity contribution in [2.75, 3.05) is 0 Å². The number of carboxylic acid groups (broad SMARTS) is 1. The Bertz CT molecular complexity index is 548. The molecule has 1 heterocycles. The number of ether oxygens (including phenoxy) is 1. The predicted molar refractivity (Wildman–Crippen MR) is 56.8 cm³/mol. The van der Waals surface area contributed by atoms with Gasteiger partial charge in [-0.25, -0.2) is 14.6 Å². The molecule has 0 amide bonds. The lowest BCUT2D eigenvalue weighted by Crippen LogP contribution is -2.19. The van der Waals surface area contributed by atoms with Crippen LogP contribution in [0.15, 0.2) is 43.0 Å². The van der Waals surface area contributed by atoms with Gasteiger partial charge >= 0.3 is 11.9 Å². The van der Waals surface area contributed by atoms with E-state index in [1.807, 2.05) is 0 Å². The van der Waals surface area contributed by atoms with E-state index in [1.165, 1.54) is 12.4 Å². The Kier molecular flexibility index (Phi) is 2.87. The Labute approximate surface area is 96.1 Å². The van der Waals surface area contributed by atoms with E-state index in [-0.39, 0.29) is 5.75 Å². The van der Waals surface area contributed by atoms with Crippen molar-refractivity contribution in [1.82, 2.24) is 9.55 Å². The number of carbonyl (C=O) groups is 2. The van der Waals surface area contributed by atoms with E-state index < -0.39 is 11.9 Å². The number of rotatable bonds is 2. The highest BCUT2D eigenvalue weighted by atomic mass is 16.6. The third kappa shape index (κ3) is 2.31.